The van der Waals surface area contributed by atoms with Crippen LogP contribution in [0.15, 0.2) is 53.8 Å². The monoisotopic (exact) mass is 393 g/mol. The van der Waals surface area contributed by atoms with Crippen LogP contribution in [0, 0.1) is 5.82 Å². The molecule has 26 heavy (non-hydrogen) atoms. The van der Waals surface area contributed by atoms with Crippen LogP contribution in [0.1, 0.15) is 24.9 Å². The van der Waals surface area contributed by atoms with Crippen LogP contribution in [0.2, 0.25) is 10.0 Å². The van der Waals surface area contributed by atoms with Crippen molar-refractivity contribution >= 4 is 40.6 Å². The molecule has 2 aromatic rings. The molecule has 0 aliphatic carbocycles. The molecular weight excluding hydrogens is 380 g/mol. The maximum Gasteiger partial charge on any atom is 0.294 e. The first-order valence-corrected chi connectivity index (χ1v) is 8.60. The van der Waals surface area contributed by atoms with Gasteiger partial charge in [-0.1, -0.05) is 42.3 Å². The first kappa shape index (κ1) is 18.4. The molecule has 0 fully saturated rings. The van der Waals surface area contributed by atoms with Gasteiger partial charge in [-0.05, 0) is 35.9 Å². The van der Waals surface area contributed by atoms with Crippen LogP contribution in [-0.4, -0.2) is 16.8 Å². The van der Waals surface area contributed by atoms with Crippen molar-refractivity contribution in [2.45, 2.75) is 19.4 Å². The van der Waals surface area contributed by atoms with Crippen molar-refractivity contribution in [3.8, 4) is 0 Å². The van der Waals surface area contributed by atoms with Gasteiger partial charge in [-0.15, -0.1) is 0 Å². The van der Waals surface area contributed by atoms with Gasteiger partial charge in [-0.3, -0.25) is 14.5 Å². The highest BCUT2D eigenvalue weighted by Gasteiger charge is 2.43. The fourth-order valence-corrected chi connectivity index (χ4v) is 3.50. The van der Waals surface area contributed by atoms with Crippen LogP contribution in [0.25, 0.3) is 0 Å². The zero-order valence-corrected chi connectivity index (χ0v) is 15.2. The Bertz CT molecular complexity index is 905. The van der Waals surface area contributed by atoms with E-state index in [-0.39, 0.29) is 17.8 Å². The summed E-state index contributed by atoms with van der Waals surface area (Å²) in [6.07, 6.45) is 0.106. The summed E-state index contributed by atoms with van der Waals surface area (Å²) in [5.74, 6) is -2.19. The second-order valence-corrected chi connectivity index (χ2v) is 6.67. The predicted octanol–water partition coefficient (Wildman–Crippen LogP) is 5.01. The van der Waals surface area contributed by atoms with Gasteiger partial charge < -0.3 is 5.11 Å². The van der Waals surface area contributed by atoms with E-state index >= 15 is 0 Å². The Balaban J connectivity index is 2.20. The lowest BCUT2D eigenvalue weighted by molar-refractivity contribution is -0.118. The van der Waals surface area contributed by atoms with E-state index in [2.05, 4.69) is 0 Å². The average Bonchev–Trinajstić information content (AvgIpc) is 2.85. The van der Waals surface area contributed by atoms with E-state index in [0.717, 1.165) is 0 Å². The fourth-order valence-electron chi connectivity index (χ4n) is 2.99. The molecule has 1 atom stereocenters. The van der Waals surface area contributed by atoms with Crippen molar-refractivity contribution in [2.24, 2.45) is 0 Å². The number of aliphatic hydroxyl groups excluding tert-OH is 1. The summed E-state index contributed by atoms with van der Waals surface area (Å²) in [5, 5.41) is 10.9. The smallest absolute Gasteiger partial charge is 0.294 e. The zero-order chi connectivity index (χ0) is 19.0. The first-order valence-electron chi connectivity index (χ1n) is 7.85. The molecule has 0 saturated heterocycles. The Morgan fingerprint density at radius 2 is 1.73 bits per heavy atom. The summed E-state index contributed by atoms with van der Waals surface area (Å²) in [6.45, 7) is 1.63. The number of Topliss-reactive ketones (excluding diaryl/α,β-unsaturated/α-hetero) is 1. The summed E-state index contributed by atoms with van der Waals surface area (Å²) in [4.78, 5) is 26.4. The van der Waals surface area contributed by atoms with Gasteiger partial charge in [0.1, 0.15) is 5.82 Å². The van der Waals surface area contributed by atoms with Gasteiger partial charge >= 0.3 is 0 Å². The number of hydrogen-bond acceptors (Lipinski definition) is 3. The molecule has 0 radical (unpaired) electrons. The third kappa shape index (κ3) is 3.20. The molecule has 1 amide bonds. The van der Waals surface area contributed by atoms with Crippen molar-refractivity contribution in [1.29, 1.82) is 0 Å². The zero-order valence-electron chi connectivity index (χ0n) is 13.7. The topological polar surface area (TPSA) is 57.6 Å². The predicted molar refractivity (Wildman–Crippen MR) is 98.0 cm³/mol. The molecule has 4 nitrogen and oxygen atoms in total. The van der Waals surface area contributed by atoms with Crippen LogP contribution in [0.3, 0.4) is 0 Å². The van der Waals surface area contributed by atoms with E-state index in [9.17, 15) is 19.1 Å². The van der Waals surface area contributed by atoms with E-state index in [1.165, 1.54) is 47.4 Å². The summed E-state index contributed by atoms with van der Waals surface area (Å²) < 4.78 is 13.3. The first-order chi connectivity index (χ1) is 12.3. The van der Waals surface area contributed by atoms with E-state index in [1.807, 2.05) is 0 Å². The molecule has 1 aliphatic heterocycles. The van der Waals surface area contributed by atoms with Crippen molar-refractivity contribution in [3.63, 3.8) is 0 Å². The molecule has 1 N–H and O–H groups in total. The third-order valence-corrected chi connectivity index (χ3v) is 4.58. The number of rotatable bonds is 4. The number of benzene rings is 2. The number of anilines is 1. The SMILES string of the molecule is CCC(=O)C1=C(O)C(=O)N(c2cc(Cl)cc(Cl)c2)C1c1ccc(F)cc1. The lowest BCUT2D eigenvalue weighted by Crippen LogP contribution is -2.31. The molecular formula is C19H14Cl2FNO3. The lowest BCUT2D eigenvalue weighted by Gasteiger charge is -2.27. The van der Waals surface area contributed by atoms with Gasteiger partial charge in [0.2, 0.25) is 0 Å². The minimum atomic E-state index is -0.898. The largest absolute Gasteiger partial charge is 0.503 e. The molecule has 0 saturated carbocycles. The molecule has 134 valence electrons. The average molecular weight is 394 g/mol. The quantitative estimate of drug-likeness (QED) is 0.793. The Morgan fingerprint density at radius 1 is 1.15 bits per heavy atom. The highest BCUT2D eigenvalue weighted by atomic mass is 35.5. The molecule has 0 spiro atoms. The Kier molecular flexibility index (Phi) is 5.03. The maximum absolute atomic E-state index is 13.3. The summed E-state index contributed by atoms with van der Waals surface area (Å²) in [7, 11) is 0. The van der Waals surface area contributed by atoms with Gasteiger partial charge in [0.25, 0.3) is 5.91 Å². The number of halogens is 3. The van der Waals surface area contributed by atoms with Crippen molar-refractivity contribution in [3.05, 3.63) is 75.2 Å². The van der Waals surface area contributed by atoms with Crippen LogP contribution in [0.5, 0.6) is 0 Å². The molecule has 1 aliphatic rings. The Morgan fingerprint density at radius 3 is 2.27 bits per heavy atom. The summed E-state index contributed by atoms with van der Waals surface area (Å²) >= 11 is 12.1. The fraction of sp³-hybridized carbons (Fsp3) is 0.158. The molecule has 7 heteroatoms. The molecule has 1 heterocycles. The number of ketones is 1. The standard InChI is InChI=1S/C19H14Cl2FNO3/c1-2-15(24)16-17(10-3-5-13(22)6-4-10)23(19(26)18(16)25)14-8-11(20)7-12(21)9-14/h3-9,17,25H,2H2,1H3. The van der Waals surface area contributed by atoms with Gasteiger partial charge in [0, 0.05) is 22.2 Å². The molecule has 0 aromatic heterocycles. The van der Waals surface area contributed by atoms with Crippen molar-refractivity contribution in [2.75, 3.05) is 4.90 Å². The van der Waals surface area contributed by atoms with Crippen molar-refractivity contribution in [1.82, 2.24) is 0 Å². The highest BCUT2D eigenvalue weighted by molar-refractivity contribution is 6.35. The molecule has 1 unspecified atom stereocenters. The highest BCUT2D eigenvalue weighted by Crippen LogP contribution is 2.42. The van der Waals surface area contributed by atoms with Gasteiger partial charge in [0.05, 0.1) is 11.6 Å². The Labute approximate surface area is 159 Å². The van der Waals surface area contributed by atoms with E-state index < -0.39 is 23.5 Å². The maximum atomic E-state index is 13.3. The van der Waals surface area contributed by atoms with Crippen LogP contribution in [-0.2, 0) is 9.59 Å². The van der Waals surface area contributed by atoms with Crippen LogP contribution >= 0.6 is 23.2 Å². The lowest BCUT2D eigenvalue weighted by atomic mass is 9.95. The van der Waals surface area contributed by atoms with Gasteiger partial charge in [-0.2, -0.15) is 0 Å². The van der Waals surface area contributed by atoms with E-state index in [4.69, 9.17) is 23.2 Å². The summed E-state index contributed by atoms with van der Waals surface area (Å²) in [6, 6.07) is 9.01. The molecule has 2 aromatic carbocycles. The third-order valence-electron chi connectivity index (χ3n) is 4.14. The van der Waals surface area contributed by atoms with Crippen LogP contribution < -0.4 is 4.90 Å². The van der Waals surface area contributed by atoms with E-state index in [0.29, 0.717) is 21.3 Å². The second kappa shape index (κ2) is 7.09. The number of aliphatic hydroxyl groups is 1. The normalized spacial score (nSPS) is 17.2. The number of amides is 1. The van der Waals surface area contributed by atoms with E-state index in [1.54, 1.807) is 6.92 Å². The Hall–Kier alpha value is -2.37. The molecule has 0 bridgehead atoms. The second-order valence-electron chi connectivity index (χ2n) is 5.80. The number of hydrogen-bond donors (Lipinski definition) is 1. The van der Waals surface area contributed by atoms with Gasteiger partial charge in [0.15, 0.2) is 11.5 Å². The number of nitrogens with zero attached hydrogens (tertiary/aromatic N) is 1. The number of carbonyl (C=O) groups excluding carboxylic acids is 2. The molecule has 3 rings (SSSR count). The van der Waals surface area contributed by atoms with Crippen LogP contribution in [0.4, 0.5) is 10.1 Å². The minimum absolute atomic E-state index is 0.0276. The number of carbonyl (C=O) groups is 2. The summed E-state index contributed by atoms with van der Waals surface area (Å²) in [5.41, 5.74) is 0.782. The minimum Gasteiger partial charge on any atom is -0.503 e. The van der Waals surface area contributed by atoms with Gasteiger partial charge in [-0.25, -0.2) is 4.39 Å². The van der Waals surface area contributed by atoms with Crippen molar-refractivity contribution < 1.29 is 19.1 Å².